The van der Waals surface area contributed by atoms with Crippen LogP contribution in [0, 0.1) is 18.8 Å². The molecule has 3 nitrogen and oxygen atoms in total. The summed E-state index contributed by atoms with van der Waals surface area (Å²) in [6, 6.07) is 0. The van der Waals surface area contributed by atoms with Crippen LogP contribution in [0.5, 0.6) is 0 Å². The molecule has 0 aromatic carbocycles. The molecule has 0 saturated heterocycles. The van der Waals surface area contributed by atoms with Crippen LogP contribution >= 0.6 is 0 Å². The first kappa shape index (κ1) is 6.63. The lowest BCUT2D eigenvalue weighted by Crippen LogP contribution is -1.90. The fourth-order valence-corrected chi connectivity index (χ4v) is 2.71. The predicted octanol–water partition coefficient (Wildman–Crippen LogP) is 1.63. The van der Waals surface area contributed by atoms with Crippen molar-refractivity contribution in [3.05, 3.63) is 11.6 Å². The van der Waals surface area contributed by atoms with Gasteiger partial charge in [-0.05, 0) is 31.6 Å². The molecule has 2 saturated carbocycles. The molecule has 2 atom stereocenters. The number of aromatic nitrogens is 3. The lowest BCUT2D eigenvalue weighted by molar-refractivity contribution is 0.659. The topological polar surface area (TPSA) is 41.6 Å². The molecule has 12 heavy (non-hydrogen) atoms. The fraction of sp³-hybridized carbons (Fsp3) is 0.778. The Morgan fingerprint density at radius 3 is 2.67 bits per heavy atom. The summed E-state index contributed by atoms with van der Waals surface area (Å²) in [5.41, 5.74) is 0. The van der Waals surface area contributed by atoms with Gasteiger partial charge in [0.15, 0.2) is 5.82 Å². The molecule has 2 aliphatic carbocycles. The summed E-state index contributed by atoms with van der Waals surface area (Å²) in [4.78, 5) is 4.39. The summed E-state index contributed by atoms with van der Waals surface area (Å²) in [7, 11) is 0. The van der Waals surface area contributed by atoms with Crippen LogP contribution in [-0.4, -0.2) is 15.2 Å². The Labute approximate surface area is 71.6 Å². The molecule has 1 aromatic heterocycles. The molecule has 1 aromatic rings. The van der Waals surface area contributed by atoms with Crippen LogP contribution in [0.4, 0.5) is 0 Å². The van der Waals surface area contributed by atoms with Gasteiger partial charge in [0, 0.05) is 5.92 Å². The van der Waals surface area contributed by atoms with E-state index in [1.54, 1.807) is 0 Å². The highest BCUT2D eigenvalue weighted by Crippen LogP contribution is 2.62. The van der Waals surface area contributed by atoms with Crippen LogP contribution < -0.4 is 0 Å². The number of nitrogens with zero attached hydrogens (tertiary/aromatic N) is 2. The molecule has 2 fully saturated rings. The zero-order valence-electron chi connectivity index (χ0n) is 7.25. The minimum Gasteiger partial charge on any atom is -0.263 e. The van der Waals surface area contributed by atoms with Crippen molar-refractivity contribution in [1.82, 2.24) is 15.2 Å². The quantitative estimate of drug-likeness (QED) is 0.683. The molecule has 3 heteroatoms. The van der Waals surface area contributed by atoms with Gasteiger partial charge in [-0.1, -0.05) is 6.42 Å². The highest BCUT2D eigenvalue weighted by Gasteiger charge is 2.55. The zero-order chi connectivity index (χ0) is 8.13. The molecule has 3 rings (SSSR count). The maximum absolute atomic E-state index is 4.39. The average Bonchev–Trinajstić information content (AvgIpc) is 2.55. The van der Waals surface area contributed by atoms with E-state index in [1.807, 2.05) is 6.92 Å². The van der Waals surface area contributed by atoms with Gasteiger partial charge in [0.1, 0.15) is 5.82 Å². The number of fused-ring (bicyclic) bond motifs is 1. The Morgan fingerprint density at radius 2 is 2.08 bits per heavy atom. The second kappa shape index (κ2) is 2.09. The first-order valence-electron chi connectivity index (χ1n) is 4.75. The first-order chi connectivity index (χ1) is 5.86. The molecule has 1 heterocycles. The summed E-state index contributed by atoms with van der Waals surface area (Å²) in [5.74, 6) is 4.60. The van der Waals surface area contributed by atoms with E-state index < -0.39 is 0 Å². The van der Waals surface area contributed by atoms with Crippen molar-refractivity contribution in [3.8, 4) is 0 Å². The highest BCUT2D eigenvalue weighted by molar-refractivity contribution is 5.17. The van der Waals surface area contributed by atoms with E-state index in [0.29, 0.717) is 5.92 Å². The van der Waals surface area contributed by atoms with E-state index in [0.717, 1.165) is 23.5 Å². The van der Waals surface area contributed by atoms with Crippen molar-refractivity contribution in [1.29, 1.82) is 0 Å². The minimum absolute atomic E-state index is 0.712. The molecular weight excluding hydrogens is 150 g/mol. The smallest absolute Gasteiger partial charge is 0.154 e. The van der Waals surface area contributed by atoms with Crippen molar-refractivity contribution in [2.24, 2.45) is 11.8 Å². The Bertz CT molecular complexity index is 294. The molecule has 0 bridgehead atoms. The maximum Gasteiger partial charge on any atom is 0.154 e. The molecule has 1 N–H and O–H groups in total. The third-order valence-corrected chi connectivity index (χ3v) is 3.32. The standard InChI is InChI=1S/C9H13N3/c1-5-10-9(12-11-5)8-6-3-2-4-7(6)8/h6-8H,2-4H2,1H3,(H,10,11,12). The summed E-state index contributed by atoms with van der Waals surface area (Å²) in [6.45, 7) is 1.97. The summed E-state index contributed by atoms with van der Waals surface area (Å²) in [5, 5.41) is 7.14. The van der Waals surface area contributed by atoms with Gasteiger partial charge in [0.05, 0.1) is 0 Å². The van der Waals surface area contributed by atoms with Gasteiger partial charge in [-0.25, -0.2) is 4.98 Å². The third kappa shape index (κ3) is 0.765. The molecule has 0 aliphatic heterocycles. The number of hydrogen-bond acceptors (Lipinski definition) is 2. The van der Waals surface area contributed by atoms with E-state index in [4.69, 9.17) is 0 Å². The van der Waals surface area contributed by atoms with Crippen LogP contribution in [0.15, 0.2) is 0 Å². The van der Waals surface area contributed by atoms with E-state index >= 15 is 0 Å². The van der Waals surface area contributed by atoms with Crippen LogP contribution in [0.25, 0.3) is 0 Å². The van der Waals surface area contributed by atoms with Gasteiger partial charge in [0.25, 0.3) is 0 Å². The van der Waals surface area contributed by atoms with Crippen LogP contribution in [0.3, 0.4) is 0 Å². The number of aryl methyl sites for hydroxylation is 1. The van der Waals surface area contributed by atoms with E-state index in [-0.39, 0.29) is 0 Å². The van der Waals surface area contributed by atoms with E-state index in [9.17, 15) is 0 Å². The fourth-order valence-electron chi connectivity index (χ4n) is 2.71. The Morgan fingerprint density at radius 1 is 1.33 bits per heavy atom. The number of hydrogen-bond donors (Lipinski definition) is 1. The Kier molecular flexibility index (Phi) is 1.15. The molecule has 0 amide bonds. The monoisotopic (exact) mass is 163 g/mol. The van der Waals surface area contributed by atoms with Crippen molar-refractivity contribution in [2.75, 3.05) is 0 Å². The summed E-state index contributed by atoms with van der Waals surface area (Å²) >= 11 is 0. The van der Waals surface area contributed by atoms with Crippen molar-refractivity contribution < 1.29 is 0 Å². The number of aromatic amines is 1. The predicted molar refractivity (Wildman–Crippen MR) is 44.7 cm³/mol. The van der Waals surface area contributed by atoms with Gasteiger partial charge in [0.2, 0.25) is 0 Å². The highest BCUT2D eigenvalue weighted by atomic mass is 15.2. The lowest BCUT2D eigenvalue weighted by atomic mass is 10.1. The zero-order valence-corrected chi connectivity index (χ0v) is 7.25. The number of rotatable bonds is 1. The van der Waals surface area contributed by atoms with Gasteiger partial charge >= 0.3 is 0 Å². The average molecular weight is 163 g/mol. The molecule has 64 valence electrons. The largest absolute Gasteiger partial charge is 0.263 e. The SMILES string of the molecule is Cc1nc(C2C3CCCC32)n[nH]1. The van der Waals surface area contributed by atoms with Crippen molar-refractivity contribution >= 4 is 0 Å². The van der Waals surface area contributed by atoms with Crippen LogP contribution in [0.2, 0.25) is 0 Å². The summed E-state index contributed by atoms with van der Waals surface area (Å²) < 4.78 is 0. The number of nitrogens with one attached hydrogen (secondary N) is 1. The normalized spacial score (nSPS) is 38.2. The third-order valence-electron chi connectivity index (χ3n) is 3.32. The van der Waals surface area contributed by atoms with Crippen molar-refractivity contribution in [2.45, 2.75) is 32.1 Å². The Balaban J connectivity index is 1.84. The summed E-state index contributed by atoms with van der Waals surface area (Å²) in [6.07, 6.45) is 4.24. The van der Waals surface area contributed by atoms with E-state index in [1.165, 1.54) is 19.3 Å². The lowest BCUT2D eigenvalue weighted by Gasteiger charge is -1.95. The maximum atomic E-state index is 4.39. The molecule has 2 unspecified atom stereocenters. The van der Waals surface area contributed by atoms with Gasteiger partial charge < -0.3 is 0 Å². The van der Waals surface area contributed by atoms with Crippen molar-refractivity contribution in [3.63, 3.8) is 0 Å². The molecule has 2 aliphatic rings. The first-order valence-corrected chi connectivity index (χ1v) is 4.75. The van der Waals surface area contributed by atoms with Gasteiger partial charge in [-0.2, -0.15) is 5.10 Å². The van der Waals surface area contributed by atoms with Gasteiger partial charge in [-0.15, -0.1) is 0 Å². The van der Waals surface area contributed by atoms with Crippen LogP contribution in [0.1, 0.15) is 36.8 Å². The van der Waals surface area contributed by atoms with Crippen LogP contribution in [-0.2, 0) is 0 Å². The van der Waals surface area contributed by atoms with E-state index in [2.05, 4.69) is 15.2 Å². The van der Waals surface area contributed by atoms with Gasteiger partial charge in [-0.3, -0.25) is 5.10 Å². The molecule has 0 radical (unpaired) electrons. The second-order valence-corrected chi connectivity index (χ2v) is 4.06. The Hall–Kier alpha value is -0.860. The second-order valence-electron chi connectivity index (χ2n) is 4.06. The molecular formula is C9H13N3. The minimum atomic E-state index is 0.712. The number of H-pyrrole nitrogens is 1. The molecule has 0 spiro atoms.